The largest absolute Gasteiger partial charge is 0.389 e. The van der Waals surface area contributed by atoms with Gasteiger partial charge in [-0.1, -0.05) is 11.3 Å². The number of nitrogen functional groups attached to an aromatic ring is 1. The smallest absolute Gasteiger partial charge is 0.120 e. The van der Waals surface area contributed by atoms with Crippen LogP contribution < -0.4 is 5.73 Å². The van der Waals surface area contributed by atoms with Crippen molar-refractivity contribution in [2.75, 3.05) is 5.73 Å². The lowest BCUT2D eigenvalue weighted by Gasteiger charge is -2.53. The molecule has 3 nitrogen and oxygen atoms in total. The van der Waals surface area contributed by atoms with Crippen molar-refractivity contribution in [1.29, 1.82) is 0 Å². The van der Waals surface area contributed by atoms with Crippen LogP contribution in [-0.2, 0) is 11.3 Å². The normalized spacial score (nSPS) is 41.4. The highest BCUT2D eigenvalue weighted by Crippen LogP contribution is 2.54. The van der Waals surface area contributed by atoms with E-state index in [0.717, 1.165) is 33.7 Å². The summed E-state index contributed by atoms with van der Waals surface area (Å²) >= 11 is 1.56. The van der Waals surface area contributed by atoms with E-state index in [1.165, 1.54) is 32.1 Å². The SMILES string of the molecule is Nc1cnc(COC2C3CC4CC(C3)CC2C4)s1. The van der Waals surface area contributed by atoms with Gasteiger partial charge in [-0.3, -0.25) is 0 Å². The van der Waals surface area contributed by atoms with E-state index in [-0.39, 0.29) is 0 Å². The predicted molar refractivity (Wildman–Crippen MR) is 72.1 cm³/mol. The van der Waals surface area contributed by atoms with Crippen LogP contribution in [0.3, 0.4) is 0 Å². The van der Waals surface area contributed by atoms with Crippen LogP contribution in [0, 0.1) is 23.7 Å². The van der Waals surface area contributed by atoms with Crippen molar-refractivity contribution >= 4 is 16.3 Å². The fourth-order valence-electron chi connectivity index (χ4n) is 4.71. The van der Waals surface area contributed by atoms with Crippen molar-refractivity contribution in [3.8, 4) is 0 Å². The van der Waals surface area contributed by atoms with E-state index in [0.29, 0.717) is 12.7 Å². The third-order valence-electron chi connectivity index (χ3n) is 5.11. The van der Waals surface area contributed by atoms with E-state index < -0.39 is 0 Å². The Kier molecular flexibility index (Phi) is 2.62. The number of rotatable bonds is 3. The second kappa shape index (κ2) is 4.20. The molecule has 2 N–H and O–H groups in total. The van der Waals surface area contributed by atoms with Crippen LogP contribution in [-0.4, -0.2) is 11.1 Å². The quantitative estimate of drug-likeness (QED) is 0.912. The van der Waals surface area contributed by atoms with Gasteiger partial charge in [0.2, 0.25) is 0 Å². The highest BCUT2D eigenvalue weighted by Gasteiger charge is 2.48. The lowest BCUT2D eigenvalue weighted by molar-refractivity contribution is -0.132. The molecule has 18 heavy (non-hydrogen) atoms. The van der Waals surface area contributed by atoms with Crippen molar-refractivity contribution in [1.82, 2.24) is 4.98 Å². The minimum Gasteiger partial charge on any atom is -0.389 e. The van der Waals surface area contributed by atoms with Crippen LogP contribution in [0.5, 0.6) is 0 Å². The first-order valence-corrected chi connectivity index (χ1v) is 7.91. The summed E-state index contributed by atoms with van der Waals surface area (Å²) in [6.07, 6.45) is 9.40. The summed E-state index contributed by atoms with van der Waals surface area (Å²) in [4.78, 5) is 4.29. The van der Waals surface area contributed by atoms with Gasteiger partial charge in [0, 0.05) is 0 Å². The van der Waals surface area contributed by atoms with Crippen molar-refractivity contribution in [2.45, 2.75) is 44.8 Å². The summed E-state index contributed by atoms with van der Waals surface area (Å²) in [5, 5.41) is 1.82. The van der Waals surface area contributed by atoms with Crippen molar-refractivity contribution in [3.63, 3.8) is 0 Å². The molecule has 4 fully saturated rings. The monoisotopic (exact) mass is 264 g/mol. The number of aromatic nitrogens is 1. The average molecular weight is 264 g/mol. The van der Waals surface area contributed by atoms with E-state index in [2.05, 4.69) is 4.98 Å². The third-order valence-corrected chi connectivity index (χ3v) is 5.91. The Balaban J connectivity index is 1.43. The van der Waals surface area contributed by atoms with Gasteiger partial charge in [0.15, 0.2) is 0 Å². The molecule has 98 valence electrons. The van der Waals surface area contributed by atoms with Crippen molar-refractivity contribution in [3.05, 3.63) is 11.2 Å². The Labute approximate surface area is 112 Å². The molecule has 4 bridgehead atoms. The summed E-state index contributed by atoms with van der Waals surface area (Å²) in [6, 6.07) is 0. The molecule has 1 heterocycles. The minimum absolute atomic E-state index is 0.503. The summed E-state index contributed by atoms with van der Waals surface area (Å²) in [5.74, 6) is 3.70. The number of anilines is 1. The molecule has 0 unspecified atom stereocenters. The molecule has 0 atom stereocenters. The molecule has 4 heteroatoms. The lowest BCUT2D eigenvalue weighted by Crippen LogP contribution is -2.49. The molecule has 4 aliphatic carbocycles. The molecule has 5 rings (SSSR count). The lowest BCUT2D eigenvalue weighted by atomic mass is 9.55. The zero-order valence-electron chi connectivity index (χ0n) is 10.5. The number of nitrogens with zero attached hydrogens (tertiary/aromatic N) is 1. The maximum absolute atomic E-state index is 6.21. The molecule has 0 saturated heterocycles. The number of thiazole rings is 1. The number of hydrogen-bond donors (Lipinski definition) is 1. The summed E-state index contributed by atoms with van der Waals surface area (Å²) < 4.78 is 6.21. The first-order valence-electron chi connectivity index (χ1n) is 7.09. The van der Waals surface area contributed by atoms with Crippen LogP contribution in [0.1, 0.15) is 37.1 Å². The fourth-order valence-corrected chi connectivity index (χ4v) is 5.32. The highest BCUT2D eigenvalue weighted by molar-refractivity contribution is 7.15. The first kappa shape index (κ1) is 11.2. The van der Waals surface area contributed by atoms with Gasteiger partial charge in [-0.15, -0.1) is 0 Å². The molecule has 1 aromatic heterocycles. The van der Waals surface area contributed by atoms with Crippen LogP contribution in [0.25, 0.3) is 0 Å². The minimum atomic E-state index is 0.503. The molecular weight excluding hydrogens is 244 g/mol. The van der Waals surface area contributed by atoms with E-state index >= 15 is 0 Å². The Bertz CT molecular complexity index is 417. The number of nitrogens with two attached hydrogens (primary N) is 1. The van der Waals surface area contributed by atoms with E-state index in [1.807, 2.05) is 0 Å². The highest BCUT2D eigenvalue weighted by atomic mass is 32.1. The summed E-state index contributed by atoms with van der Waals surface area (Å²) in [7, 11) is 0. The van der Waals surface area contributed by atoms with E-state index in [4.69, 9.17) is 10.5 Å². The van der Waals surface area contributed by atoms with E-state index in [9.17, 15) is 0 Å². The zero-order chi connectivity index (χ0) is 12.1. The molecule has 0 amide bonds. The molecule has 1 aromatic rings. The second-order valence-corrected chi connectivity index (χ2v) is 7.51. The number of ether oxygens (including phenoxy) is 1. The van der Waals surface area contributed by atoms with Crippen LogP contribution in [0.15, 0.2) is 6.20 Å². The van der Waals surface area contributed by atoms with Gasteiger partial charge in [0.25, 0.3) is 0 Å². The summed E-state index contributed by atoms with van der Waals surface area (Å²) in [5.41, 5.74) is 5.70. The standard InChI is InChI=1S/C14H20N2OS/c15-12-6-16-13(18-12)7-17-14-10-2-8-1-9(4-10)5-11(14)3-8/h6,8-11,14H,1-5,7,15H2. The molecule has 0 aromatic carbocycles. The third kappa shape index (κ3) is 1.86. The Morgan fingerprint density at radius 3 is 2.39 bits per heavy atom. The van der Waals surface area contributed by atoms with Gasteiger partial charge < -0.3 is 10.5 Å². The van der Waals surface area contributed by atoms with Crippen molar-refractivity contribution in [2.24, 2.45) is 23.7 Å². The second-order valence-electron chi connectivity index (χ2n) is 6.36. The Morgan fingerprint density at radius 1 is 1.17 bits per heavy atom. The van der Waals surface area contributed by atoms with Gasteiger partial charge in [-0.2, -0.15) is 0 Å². The molecule has 0 spiro atoms. The maximum atomic E-state index is 6.21. The fraction of sp³-hybridized carbons (Fsp3) is 0.786. The molecule has 4 aliphatic rings. The van der Waals surface area contributed by atoms with Gasteiger partial charge in [-0.25, -0.2) is 4.98 Å². The number of hydrogen-bond acceptors (Lipinski definition) is 4. The summed E-state index contributed by atoms with van der Waals surface area (Å²) in [6.45, 7) is 0.662. The molecule has 0 aliphatic heterocycles. The Hall–Kier alpha value is -0.610. The van der Waals surface area contributed by atoms with Gasteiger partial charge in [0.1, 0.15) is 10.0 Å². The molecular formula is C14H20N2OS. The van der Waals surface area contributed by atoms with Crippen molar-refractivity contribution < 1.29 is 4.74 Å². The average Bonchev–Trinajstić information content (AvgIpc) is 2.73. The van der Waals surface area contributed by atoms with Crippen LogP contribution in [0.4, 0.5) is 5.00 Å². The topological polar surface area (TPSA) is 48.1 Å². The molecule has 4 saturated carbocycles. The maximum Gasteiger partial charge on any atom is 0.120 e. The van der Waals surface area contributed by atoms with Crippen LogP contribution >= 0.6 is 11.3 Å². The van der Waals surface area contributed by atoms with Crippen LogP contribution in [0.2, 0.25) is 0 Å². The Morgan fingerprint density at radius 2 is 1.83 bits per heavy atom. The van der Waals surface area contributed by atoms with Gasteiger partial charge in [-0.05, 0) is 55.8 Å². The zero-order valence-corrected chi connectivity index (χ0v) is 11.4. The first-order chi connectivity index (χ1) is 8.78. The predicted octanol–water partition coefficient (Wildman–Crippen LogP) is 3.07. The van der Waals surface area contributed by atoms with Gasteiger partial charge >= 0.3 is 0 Å². The van der Waals surface area contributed by atoms with E-state index in [1.54, 1.807) is 17.5 Å². The molecule has 0 radical (unpaired) electrons. The van der Waals surface area contributed by atoms with Gasteiger partial charge in [0.05, 0.1) is 18.9 Å².